The molecular formula is C11H21NO2S. The smallest absolute Gasteiger partial charge is 0.324 e. The monoisotopic (exact) mass is 231 g/mol. The molecule has 1 rings (SSSR count). The number of esters is 1. The zero-order valence-electron chi connectivity index (χ0n) is 9.79. The second-order valence-electron chi connectivity index (χ2n) is 4.24. The van der Waals surface area contributed by atoms with Gasteiger partial charge in [0, 0.05) is 5.75 Å². The summed E-state index contributed by atoms with van der Waals surface area (Å²) >= 11 is 1.81. The number of thioether (sulfide) groups is 1. The molecule has 1 heterocycles. The third-order valence-corrected chi connectivity index (χ3v) is 4.01. The molecule has 3 nitrogen and oxygen atoms in total. The van der Waals surface area contributed by atoms with Gasteiger partial charge in [-0.05, 0) is 12.3 Å². The van der Waals surface area contributed by atoms with Crippen LogP contribution in [0.5, 0.6) is 0 Å². The predicted molar refractivity (Wildman–Crippen MR) is 63.9 cm³/mol. The van der Waals surface area contributed by atoms with Gasteiger partial charge in [0.1, 0.15) is 6.04 Å². The van der Waals surface area contributed by atoms with Crippen LogP contribution in [0.4, 0.5) is 0 Å². The van der Waals surface area contributed by atoms with E-state index in [1.165, 1.54) is 0 Å². The van der Waals surface area contributed by atoms with Crippen LogP contribution in [0.15, 0.2) is 0 Å². The number of ether oxygens (including phenoxy) is 1. The van der Waals surface area contributed by atoms with E-state index in [9.17, 15) is 4.79 Å². The van der Waals surface area contributed by atoms with E-state index in [2.05, 4.69) is 26.1 Å². The molecule has 0 amide bonds. The van der Waals surface area contributed by atoms with Crippen molar-refractivity contribution in [3.8, 4) is 0 Å². The van der Waals surface area contributed by atoms with E-state index < -0.39 is 0 Å². The Bertz CT molecular complexity index is 209. The van der Waals surface area contributed by atoms with Gasteiger partial charge < -0.3 is 4.74 Å². The zero-order valence-corrected chi connectivity index (χ0v) is 10.6. The van der Waals surface area contributed by atoms with Crippen molar-refractivity contribution < 1.29 is 9.53 Å². The van der Waals surface area contributed by atoms with Gasteiger partial charge in [-0.25, -0.2) is 0 Å². The summed E-state index contributed by atoms with van der Waals surface area (Å²) in [7, 11) is 0. The molecule has 0 aromatic rings. The van der Waals surface area contributed by atoms with Gasteiger partial charge in [0.2, 0.25) is 0 Å². The Hall–Kier alpha value is -0.220. The van der Waals surface area contributed by atoms with Crippen LogP contribution in [-0.2, 0) is 9.53 Å². The molecule has 0 aromatic carbocycles. The molecule has 4 heteroatoms. The molecule has 1 aliphatic rings. The minimum absolute atomic E-state index is 0.0842. The number of rotatable bonds is 5. The minimum Gasteiger partial charge on any atom is -0.465 e. The Morgan fingerprint density at radius 3 is 2.87 bits per heavy atom. The fraction of sp³-hybridized carbons (Fsp3) is 0.909. The van der Waals surface area contributed by atoms with Crippen LogP contribution in [0.3, 0.4) is 0 Å². The highest BCUT2D eigenvalue weighted by Gasteiger charge is 2.31. The van der Waals surface area contributed by atoms with Crippen LogP contribution in [0.2, 0.25) is 0 Å². The molecular weight excluding hydrogens is 210 g/mol. The Balaban J connectivity index is 2.24. The third kappa shape index (κ3) is 4.03. The normalized spacial score (nSPS) is 25.9. The molecule has 1 fully saturated rings. The first-order valence-corrected chi connectivity index (χ1v) is 6.74. The Labute approximate surface area is 96.3 Å². The van der Waals surface area contributed by atoms with Gasteiger partial charge in [0.15, 0.2) is 0 Å². The van der Waals surface area contributed by atoms with Crippen LogP contribution in [-0.4, -0.2) is 29.7 Å². The molecule has 2 atom stereocenters. The summed E-state index contributed by atoms with van der Waals surface area (Å²) in [6.45, 7) is 6.97. The molecule has 0 saturated carbocycles. The van der Waals surface area contributed by atoms with Crippen LogP contribution < -0.4 is 5.32 Å². The Morgan fingerprint density at radius 2 is 2.33 bits per heavy atom. The van der Waals surface area contributed by atoms with Gasteiger partial charge in [-0.15, -0.1) is 11.8 Å². The van der Waals surface area contributed by atoms with Crippen molar-refractivity contribution in [1.82, 2.24) is 5.32 Å². The second-order valence-corrected chi connectivity index (χ2v) is 5.41. The number of unbranched alkanes of at least 4 members (excludes halogenated alkanes) is 1. The number of hydrogen-bond acceptors (Lipinski definition) is 4. The first-order valence-electron chi connectivity index (χ1n) is 5.69. The summed E-state index contributed by atoms with van der Waals surface area (Å²) < 4.78 is 5.18. The molecule has 0 unspecified atom stereocenters. The van der Waals surface area contributed by atoms with Crippen molar-refractivity contribution in [2.45, 2.75) is 45.0 Å². The fourth-order valence-corrected chi connectivity index (χ4v) is 2.71. The first kappa shape index (κ1) is 12.8. The number of carbonyl (C=O) groups is 1. The van der Waals surface area contributed by atoms with Crippen LogP contribution in [0.25, 0.3) is 0 Å². The summed E-state index contributed by atoms with van der Waals surface area (Å²) in [6.07, 6.45) is 2.02. The van der Waals surface area contributed by atoms with Gasteiger partial charge in [-0.2, -0.15) is 0 Å². The molecule has 0 radical (unpaired) electrons. The summed E-state index contributed by atoms with van der Waals surface area (Å²) in [5.41, 5.74) is 0. The van der Waals surface area contributed by atoms with E-state index in [1.807, 2.05) is 11.8 Å². The predicted octanol–water partition coefficient (Wildman–Crippen LogP) is 2.02. The zero-order chi connectivity index (χ0) is 11.3. The van der Waals surface area contributed by atoms with Crippen molar-refractivity contribution in [3.63, 3.8) is 0 Å². The number of nitrogens with one attached hydrogen (secondary N) is 1. The molecule has 1 saturated heterocycles. The largest absolute Gasteiger partial charge is 0.465 e. The van der Waals surface area contributed by atoms with Crippen molar-refractivity contribution in [2.24, 2.45) is 5.92 Å². The summed E-state index contributed by atoms with van der Waals surface area (Å²) in [5.74, 6) is 1.32. The molecule has 88 valence electrons. The van der Waals surface area contributed by atoms with E-state index in [1.54, 1.807) is 0 Å². The van der Waals surface area contributed by atoms with Gasteiger partial charge in [-0.3, -0.25) is 10.1 Å². The van der Waals surface area contributed by atoms with E-state index >= 15 is 0 Å². The highest BCUT2D eigenvalue weighted by atomic mass is 32.2. The molecule has 0 aromatic heterocycles. The van der Waals surface area contributed by atoms with Gasteiger partial charge in [0.25, 0.3) is 0 Å². The van der Waals surface area contributed by atoms with Crippen molar-refractivity contribution in [1.29, 1.82) is 0 Å². The molecule has 0 bridgehead atoms. The van der Waals surface area contributed by atoms with Crippen LogP contribution >= 0.6 is 11.8 Å². The van der Waals surface area contributed by atoms with E-state index in [-0.39, 0.29) is 12.0 Å². The Morgan fingerprint density at radius 1 is 1.60 bits per heavy atom. The average Bonchev–Trinajstić information content (AvgIpc) is 2.66. The highest BCUT2D eigenvalue weighted by Crippen LogP contribution is 2.25. The highest BCUT2D eigenvalue weighted by molar-refractivity contribution is 8.00. The number of carbonyl (C=O) groups excluding carboxylic acids is 1. The Kier molecular flexibility index (Phi) is 5.47. The van der Waals surface area contributed by atoms with Gasteiger partial charge in [-0.1, -0.05) is 27.2 Å². The van der Waals surface area contributed by atoms with Crippen LogP contribution in [0, 0.1) is 5.92 Å². The molecule has 1 aliphatic heterocycles. The quantitative estimate of drug-likeness (QED) is 0.580. The second kappa shape index (κ2) is 6.38. The van der Waals surface area contributed by atoms with Crippen molar-refractivity contribution >= 4 is 17.7 Å². The van der Waals surface area contributed by atoms with Crippen molar-refractivity contribution in [3.05, 3.63) is 0 Å². The maximum absolute atomic E-state index is 11.6. The molecule has 15 heavy (non-hydrogen) atoms. The summed E-state index contributed by atoms with van der Waals surface area (Å²) in [4.78, 5) is 11.6. The molecule has 0 aliphatic carbocycles. The van der Waals surface area contributed by atoms with E-state index in [0.29, 0.717) is 17.9 Å². The standard InChI is InChI=1S/C11H21NO2S/c1-4-5-6-14-11(13)9-7-15-10(12-9)8(2)3/h8-10,12H,4-7H2,1-3H3/t9-,10+/m0/s1. The average molecular weight is 231 g/mol. The topological polar surface area (TPSA) is 38.3 Å². The number of hydrogen-bond donors (Lipinski definition) is 1. The summed E-state index contributed by atoms with van der Waals surface area (Å²) in [5, 5.41) is 3.70. The van der Waals surface area contributed by atoms with E-state index in [4.69, 9.17) is 4.74 Å². The van der Waals surface area contributed by atoms with Crippen molar-refractivity contribution in [2.75, 3.05) is 12.4 Å². The SMILES string of the molecule is CCCCOC(=O)[C@@H]1CS[C@H](C(C)C)N1. The lowest BCUT2D eigenvalue weighted by atomic mass is 10.2. The first-order chi connectivity index (χ1) is 7.15. The molecule has 1 N–H and O–H groups in total. The lowest BCUT2D eigenvalue weighted by Gasteiger charge is -2.15. The summed E-state index contributed by atoms with van der Waals surface area (Å²) in [6, 6.07) is -0.0979. The fourth-order valence-electron chi connectivity index (χ4n) is 1.43. The third-order valence-electron chi connectivity index (χ3n) is 2.44. The lowest BCUT2D eigenvalue weighted by Crippen LogP contribution is -2.39. The lowest BCUT2D eigenvalue weighted by molar-refractivity contribution is -0.145. The van der Waals surface area contributed by atoms with E-state index in [0.717, 1.165) is 18.6 Å². The van der Waals surface area contributed by atoms with Gasteiger partial charge in [0.05, 0.1) is 12.0 Å². The minimum atomic E-state index is -0.0979. The molecule has 0 spiro atoms. The van der Waals surface area contributed by atoms with Gasteiger partial charge >= 0.3 is 5.97 Å². The maximum Gasteiger partial charge on any atom is 0.324 e. The maximum atomic E-state index is 11.6. The van der Waals surface area contributed by atoms with Crippen LogP contribution in [0.1, 0.15) is 33.6 Å².